The first kappa shape index (κ1) is 15.7. The Morgan fingerprint density at radius 2 is 1.95 bits per heavy atom. The number of nitrogens with zero attached hydrogens (tertiary/aromatic N) is 1. The predicted molar refractivity (Wildman–Crippen MR) is 78.6 cm³/mol. The molecule has 1 aromatic rings. The van der Waals surface area contributed by atoms with E-state index in [4.69, 9.17) is 5.73 Å². The Balaban J connectivity index is 2.54. The summed E-state index contributed by atoms with van der Waals surface area (Å²) in [7, 11) is 0. The van der Waals surface area contributed by atoms with Crippen LogP contribution in [0.4, 0.5) is 0 Å². The molecule has 4 heteroatoms. The van der Waals surface area contributed by atoms with Crippen molar-refractivity contribution < 1.29 is 4.79 Å². The highest BCUT2D eigenvalue weighted by Crippen LogP contribution is 2.08. The number of rotatable bonds is 8. The normalized spacial score (nSPS) is 10.7. The molecule has 0 saturated carbocycles. The van der Waals surface area contributed by atoms with Crippen LogP contribution in [0.2, 0.25) is 0 Å². The number of nitrogens with two attached hydrogens (primary N) is 1. The maximum atomic E-state index is 11.4. The van der Waals surface area contributed by atoms with Gasteiger partial charge < -0.3 is 11.1 Å². The monoisotopic (exact) mass is 263 g/mol. The van der Waals surface area contributed by atoms with E-state index in [0.29, 0.717) is 19.5 Å². The lowest BCUT2D eigenvalue weighted by atomic mass is 10.1. The quantitative estimate of drug-likeness (QED) is 0.747. The molecule has 0 unspecified atom stereocenters. The number of carbonyl (C=O) groups is 1. The molecular weight excluding hydrogens is 238 g/mol. The average Bonchev–Trinajstić information content (AvgIpc) is 2.43. The van der Waals surface area contributed by atoms with Gasteiger partial charge in [0.2, 0.25) is 5.91 Å². The van der Waals surface area contributed by atoms with Crippen molar-refractivity contribution in [3.63, 3.8) is 0 Å². The zero-order valence-corrected chi connectivity index (χ0v) is 12.0. The Hall–Kier alpha value is -1.39. The Labute approximate surface area is 116 Å². The molecule has 106 valence electrons. The van der Waals surface area contributed by atoms with Crippen molar-refractivity contribution in [2.75, 3.05) is 19.6 Å². The molecule has 4 nitrogen and oxygen atoms in total. The molecule has 1 rings (SSSR count). The van der Waals surface area contributed by atoms with Gasteiger partial charge in [0.15, 0.2) is 0 Å². The van der Waals surface area contributed by atoms with Crippen molar-refractivity contribution in [1.82, 2.24) is 10.2 Å². The standard InChI is InChI=1S/C15H25N3O/c1-3-18(4-2)12-14-7-5-6-13(10-14)11-17-15(19)8-9-16/h5-7,10H,3-4,8-9,11-12,16H2,1-2H3,(H,17,19). The highest BCUT2D eigenvalue weighted by Gasteiger charge is 2.03. The van der Waals surface area contributed by atoms with Crippen LogP contribution >= 0.6 is 0 Å². The van der Waals surface area contributed by atoms with Crippen LogP contribution in [0.25, 0.3) is 0 Å². The third-order valence-corrected chi connectivity index (χ3v) is 3.15. The largest absolute Gasteiger partial charge is 0.352 e. The summed E-state index contributed by atoms with van der Waals surface area (Å²) < 4.78 is 0. The van der Waals surface area contributed by atoms with E-state index in [1.807, 2.05) is 12.1 Å². The topological polar surface area (TPSA) is 58.4 Å². The van der Waals surface area contributed by atoms with Gasteiger partial charge in [0.25, 0.3) is 0 Å². The lowest BCUT2D eigenvalue weighted by Crippen LogP contribution is -2.25. The molecule has 19 heavy (non-hydrogen) atoms. The van der Waals surface area contributed by atoms with Gasteiger partial charge in [-0.15, -0.1) is 0 Å². The van der Waals surface area contributed by atoms with Crippen LogP contribution in [-0.2, 0) is 17.9 Å². The van der Waals surface area contributed by atoms with E-state index in [1.54, 1.807) is 0 Å². The molecule has 0 aliphatic heterocycles. The Morgan fingerprint density at radius 3 is 2.58 bits per heavy atom. The molecule has 1 amide bonds. The van der Waals surface area contributed by atoms with Gasteiger partial charge in [-0.05, 0) is 24.2 Å². The van der Waals surface area contributed by atoms with Crippen LogP contribution in [0.15, 0.2) is 24.3 Å². The summed E-state index contributed by atoms with van der Waals surface area (Å²) in [5.41, 5.74) is 7.76. The molecule has 3 N–H and O–H groups in total. The van der Waals surface area contributed by atoms with Crippen molar-refractivity contribution in [2.45, 2.75) is 33.4 Å². The van der Waals surface area contributed by atoms with Crippen molar-refractivity contribution >= 4 is 5.91 Å². The lowest BCUT2D eigenvalue weighted by molar-refractivity contribution is -0.121. The molecule has 0 aliphatic rings. The minimum absolute atomic E-state index is 0.0108. The van der Waals surface area contributed by atoms with E-state index < -0.39 is 0 Å². The van der Waals surface area contributed by atoms with Crippen LogP contribution < -0.4 is 11.1 Å². The van der Waals surface area contributed by atoms with Gasteiger partial charge in [0, 0.05) is 26.1 Å². The van der Waals surface area contributed by atoms with Crippen molar-refractivity contribution in [1.29, 1.82) is 0 Å². The second-order valence-corrected chi connectivity index (χ2v) is 4.60. The predicted octanol–water partition coefficient (Wildman–Crippen LogP) is 1.49. The fourth-order valence-electron chi connectivity index (χ4n) is 1.96. The van der Waals surface area contributed by atoms with Gasteiger partial charge in [-0.1, -0.05) is 38.1 Å². The van der Waals surface area contributed by atoms with Crippen LogP contribution in [0, 0.1) is 0 Å². The van der Waals surface area contributed by atoms with Crippen LogP contribution in [-0.4, -0.2) is 30.4 Å². The summed E-state index contributed by atoms with van der Waals surface area (Å²) in [4.78, 5) is 13.7. The molecular formula is C15H25N3O. The van der Waals surface area contributed by atoms with E-state index >= 15 is 0 Å². The number of benzene rings is 1. The van der Waals surface area contributed by atoms with E-state index in [-0.39, 0.29) is 5.91 Å². The van der Waals surface area contributed by atoms with E-state index in [2.05, 4.69) is 36.2 Å². The fourth-order valence-corrected chi connectivity index (χ4v) is 1.96. The maximum absolute atomic E-state index is 11.4. The first-order valence-corrected chi connectivity index (χ1v) is 6.96. The molecule has 0 heterocycles. The zero-order chi connectivity index (χ0) is 14.1. The van der Waals surface area contributed by atoms with Gasteiger partial charge in [-0.2, -0.15) is 0 Å². The molecule has 0 atom stereocenters. The summed E-state index contributed by atoms with van der Waals surface area (Å²) in [6.07, 6.45) is 0.388. The molecule has 1 aromatic carbocycles. The zero-order valence-electron chi connectivity index (χ0n) is 12.0. The highest BCUT2D eigenvalue weighted by molar-refractivity contribution is 5.76. The van der Waals surface area contributed by atoms with Gasteiger partial charge in [-0.3, -0.25) is 9.69 Å². The summed E-state index contributed by atoms with van der Waals surface area (Å²) in [5.74, 6) is 0.0108. The second-order valence-electron chi connectivity index (χ2n) is 4.60. The highest BCUT2D eigenvalue weighted by atomic mass is 16.1. The molecule has 0 fully saturated rings. The molecule has 0 bridgehead atoms. The fraction of sp³-hybridized carbons (Fsp3) is 0.533. The molecule has 0 aromatic heterocycles. The Bertz CT molecular complexity index is 389. The number of hydrogen-bond donors (Lipinski definition) is 2. The van der Waals surface area contributed by atoms with Gasteiger partial charge in [0.1, 0.15) is 0 Å². The minimum Gasteiger partial charge on any atom is -0.352 e. The van der Waals surface area contributed by atoms with Gasteiger partial charge >= 0.3 is 0 Å². The van der Waals surface area contributed by atoms with Crippen molar-refractivity contribution in [3.05, 3.63) is 35.4 Å². The maximum Gasteiger partial charge on any atom is 0.221 e. The van der Waals surface area contributed by atoms with Crippen LogP contribution in [0.3, 0.4) is 0 Å². The van der Waals surface area contributed by atoms with E-state index in [1.165, 1.54) is 5.56 Å². The number of hydrogen-bond acceptors (Lipinski definition) is 3. The third-order valence-electron chi connectivity index (χ3n) is 3.15. The average molecular weight is 263 g/mol. The molecule has 0 saturated heterocycles. The third kappa shape index (κ3) is 5.85. The SMILES string of the molecule is CCN(CC)Cc1cccc(CNC(=O)CCN)c1. The lowest BCUT2D eigenvalue weighted by Gasteiger charge is -2.18. The Kier molecular flexibility index (Phi) is 7.15. The molecule has 0 radical (unpaired) electrons. The van der Waals surface area contributed by atoms with Crippen LogP contribution in [0.5, 0.6) is 0 Å². The van der Waals surface area contributed by atoms with Crippen LogP contribution in [0.1, 0.15) is 31.4 Å². The van der Waals surface area contributed by atoms with Gasteiger partial charge in [0.05, 0.1) is 0 Å². The Morgan fingerprint density at radius 1 is 1.26 bits per heavy atom. The summed E-state index contributed by atoms with van der Waals surface area (Å²) in [6.45, 7) is 8.36. The summed E-state index contributed by atoms with van der Waals surface area (Å²) >= 11 is 0. The number of amides is 1. The van der Waals surface area contributed by atoms with Crippen molar-refractivity contribution in [3.8, 4) is 0 Å². The summed E-state index contributed by atoms with van der Waals surface area (Å²) in [6, 6.07) is 8.36. The van der Waals surface area contributed by atoms with Crippen molar-refractivity contribution in [2.24, 2.45) is 5.73 Å². The van der Waals surface area contributed by atoms with Gasteiger partial charge in [-0.25, -0.2) is 0 Å². The first-order valence-electron chi connectivity index (χ1n) is 6.96. The molecule has 0 spiro atoms. The van der Waals surface area contributed by atoms with E-state index in [9.17, 15) is 4.79 Å². The summed E-state index contributed by atoms with van der Waals surface area (Å²) in [5, 5.41) is 2.88. The smallest absolute Gasteiger partial charge is 0.221 e. The number of nitrogens with one attached hydrogen (secondary N) is 1. The molecule has 0 aliphatic carbocycles. The first-order chi connectivity index (χ1) is 9.19. The number of carbonyl (C=O) groups excluding carboxylic acids is 1. The van der Waals surface area contributed by atoms with E-state index in [0.717, 1.165) is 25.2 Å². The second kappa shape index (κ2) is 8.67. The minimum atomic E-state index is 0.0108.